The van der Waals surface area contributed by atoms with Gasteiger partial charge in [-0.25, -0.2) is 0 Å². The van der Waals surface area contributed by atoms with E-state index in [2.05, 4.69) is 27.1 Å². The fourth-order valence-corrected chi connectivity index (χ4v) is 4.07. The van der Waals surface area contributed by atoms with Crippen molar-refractivity contribution in [3.05, 3.63) is 0 Å². The summed E-state index contributed by atoms with van der Waals surface area (Å²) >= 11 is 1.84. The van der Waals surface area contributed by atoms with Crippen LogP contribution in [0.2, 0.25) is 0 Å². The summed E-state index contributed by atoms with van der Waals surface area (Å²) in [6.07, 6.45) is 8.87. The zero-order chi connectivity index (χ0) is 14.5. The molecule has 0 bridgehead atoms. The molecule has 116 valence electrons. The summed E-state index contributed by atoms with van der Waals surface area (Å²) in [5, 5.41) is 4.91. The van der Waals surface area contributed by atoms with E-state index in [0.717, 1.165) is 43.1 Å². The molecule has 21 heavy (non-hydrogen) atoms. The zero-order valence-corrected chi connectivity index (χ0v) is 13.7. The standard InChI is InChI=1S/C15H25N5S/c1-2-9-16-13-17-14(20-10-5-6-11-20)19-15(18-13)21-12-7-3-4-8-12/h12H,2-11H2,1H3,(H,16,17,18,19). The molecule has 2 heterocycles. The minimum absolute atomic E-state index is 0.692. The van der Waals surface area contributed by atoms with Crippen molar-refractivity contribution >= 4 is 23.7 Å². The summed E-state index contributed by atoms with van der Waals surface area (Å²) < 4.78 is 0. The minimum Gasteiger partial charge on any atom is -0.354 e. The van der Waals surface area contributed by atoms with Gasteiger partial charge in [-0.15, -0.1) is 0 Å². The maximum Gasteiger partial charge on any atom is 0.231 e. The summed E-state index contributed by atoms with van der Waals surface area (Å²) in [7, 11) is 0. The number of hydrogen-bond acceptors (Lipinski definition) is 6. The van der Waals surface area contributed by atoms with Crippen molar-refractivity contribution in [3.63, 3.8) is 0 Å². The van der Waals surface area contributed by atoms with E-state index in [0.29, 0.717) is 5.25 Å². The molecule has 0 atom stereocenters. The Bertz CT molecular complexity index is 455. The quantitative estimate of drug-likeness (QED) is 0.870. The van der Waals surface area contributed by atoms with E-state index in [1.807, 2.05) is 11.8 Å². The van der Waals surface area contributed by atoms with Crippen LogP contribution in [-0.2, 0) is 0 Å². The lowest BCUT2D eigenvalue weighted by atomic mass is 10.4. The van der Waals surface area contributed by atoms with Crippen molar-refractivity contribution in [2.24, 2.45) is 0 Å². The summed E-state index contributed by atoms with van der Waals surface area (Å²) in [4.78, 5) is 16.2. The first-order valence-corrected chi connectivity index (χ1v) is 9.14. The van der Waals surface area contributed by atoms with E-state index in [9.17, 15) is 0 Å². The molecule has 2 fully saturated rings. The first kappa shape index (κ1) is 14.9. The molecule has 1 aliphatic carbocycles. The largest absolute Gasteiger partial charge is 0.354 e. The van der Waals surface area contributed by atoms with Crippen LogP contribution in [0.15, 0.2) is 5.16 Å². The lowest BCUT2D eigenvalue weighted by Crippen LogP contribution is -2.22. The molecule has 1 saturated carbocycles. The first-order chi connectivity index (χ1) is 10.3. The topological polar surface area (TPSA) is 53.9 Å². The number of aromatic nitrogens is 3. The van der Waals surface area contributed by atoms with E-state index in [-0.39, 0.29) is 0 Å². The van der Waals surface area contributed by atoms with Crippen LogP contribution >= 0.6 is 11.8 Å². The van der Waals surface area contributed by atoms with Gasteiger partial charge in [-0.3, -0.25) is 0 Å². The summed E-state index contributed by atoms with van der Waals surface area (Å²) in [6.45, 7) is 5.22. The lowest BCUT2D eigenvalue weighted by molar-refractivity contribution is 0.812. The van der Waals surface area contributed by atoms with Gasteiger partial charge in [-0.05, 0) is 32.1 Å². The van der Waals surface area contributed by atoms with Gasteiger partial charge in [0.25, 0.3) is 0 Å². The molecule has 5 nitrogen and oxygen atoms in total. The molecule has 1 aliphatic heterocycles. The van der Waals surface area contributed by atoms with Gasteiger partial charge in [-0.1, -0.05) is 31.5 Å². The Morgan fingerprint density at radius 2 is 1.86 bits per heavy atom. The smallest absolute Gasteiger partial charge is 0.231 e. The van der Waals surface area contributed by atoms with Crippen molar-refractivity contribution in [2.75, 3.05) is 29.9 Å². The van der Waals surface area contributed by atoms with E-state index in [4.69, 9.17) is 4.98 Å². The van der Waals surface area contributed by atoms with Crippen LogP contribution in [0.5, 0.6) is 0 Å². The second kappa shape index (κ2) is 7.29. The summed E-state index contributed by atoms with van der Waals surface area (Å²) in [5.41, 5.74) is 0. The predicted molar refractivity (Wildman–Crippen MR) is 88.2 cm³/mol. The molecule has 0 spiro atoms. The average molecular weight is 307 g/mol. The molecule has 0 aromatic carbocycles. The van der Waals surface area contributed by atoms with Crippen molar-refractivity contribution in [2.45, 2.75) is 62.3 Å². The van der Waals surface area contributed by atoms with Gasteiger partial charge in [0, 0.05) is 24.9 Å². The van der Waals surface area contributed by atoms with Crippen molar-refractivity contribution in [3.8, 4) is 0 Å². The van der Waals surface area contributed by atoms with Gasteiger partial charge < -0.3 is 10.2 Å². The van der Waals surface area contributed by atoms with Gasteiger partial charge in [-0.2, -0.15) is 15.0 Å². The van der Waals surface area contributed by atoms with E-state index >= 15 is 0 Å². The zero-order valence-electron chi connectivity index (χ0n) is 12.8. The second-order valence-electron chi connectivity index (χ2n) is 5.89. The molecule has 3 rings (SSSR count). The molecular weight excluding hydrogens is 282 g/mol. The Balaban J connectivity index is 1.77. The first-order valence-electron chi connectivity index (χ1n) is 8.26. The van der Waals surface area contributed by atoms with Crippen LogP contribution in [0.1, 0.15) is 51.9 Å². The Labute approximate surface area is 131 Å². The third-order valence-electron chi connectivity index (χ3n) is 4.10. The number of hydrogen-bond donors (Lipinski definition) is 1. The van der Waals surface area contributed by atoms with Crippen LogP contribution in [-0.4, -0.2) is 39.8 Å². The van der Waals surface area contributed by atoms with Gasteiger partial charge in [0.05, 0.1) is 0 Å². The SMILES string of the molecule is CCCNc1nc(SC2CCCC2)nc(N2CCCC2)n1. The molecule has 1 N–H and O–H groups in total. The predicted octanol–water partition coefficient (Wildman–Crippen LogP) is 3.33. The molecule has 0 unspecified atom stereocenters. The highest BCUT2D eigenvalue weighted by atomic mass is 32.2. The van der Waals surface area contributed by atoms with Gasteiger partial charge in [0.1, 0.15) is 0 Å². The Morgan fingerprint density at radius 1 is 1.10 bits per heavy atom. The van der Waals surface area contributed by atoms with Crippen LogP contribution < -0.4 is 10.2 Å². The number of anilines is 2. The van der Waals surface area contributed by atoms with Crippen molar-refractivity contribution < 1.29 is 0 Å². The molecule has 6 heteroatoms. The molecular formula is C15H25N5S. The number of thioether (sulfide) groups is 1. The van der Waals surface area contributed by atoms with E-state index < -0.39 is 0 Å². The van der Waals surface area contributed by atoms with Crippen LogP contribution in [0, 0.1) is 0 Å². The van der Waals surface area contributed by atoms with Gasteiger partial charge in [0.2, 0.25) is 11.9 Å². The maximum atomic E-state index is 4.71. The van der Waals surface area contributed by atoms with Gasteiger partial charge >= 0.3 is 0 Å². The van der Waals surface area contributed by atoms with E-state index in [1.54, 1.807) is 0 Å². The monoisotopic (exact) mass is 307 g/mol. The molecule has 1 aromatic rings. The number of rotatable bonds is 6. The summed E-state index contributed by atoms with van der Waals surface area (Å²) in [5.74, 6) is 1.61. The van der Waals surface area contributed by atoms with Crippen LogP contribution in [0.25, 0.3) is 0 Å². The Morgan fingerprint density at radius 3 is 2.57 bits per heavy atom. The highest BCUT2D eigenvalue weighted by Crippen LogP contribution is 2.34. The molecule has 1 aromatic heterocycles. The third-order valence-corrected chi connectivity index (χ3v) is 5.30. The molecule has 0 amide bonds. The third kappa shape index (κ3) is 3.99. The van der Waals surface area contributed by atoms with Crippen molar-refractivity contribution in [1.82, 2.24) is 15.0 Å². The second-order valence-corrected chi connectivity index (χ2v) is 7.15. The Hall–Kier alpha value is -1.04. The molecule has 1 saturated heterocycles. The summed E-state index contributed by atoms with van der Waals surface area (Å²) in [6, 6.07) is 0. The van der Waals surface area contributed by atoms with Crippen LogP contribution in [0.3, 0.4) is 0 Å². The van der Waals surface area contributed by atoms with Gasteiger partial charge in [0.15, 0.2) is 5.16 Å². The van der Waals surface area contributed by atoms with Crippen LogP contribution in [0.4, 0.5) is 11.9 Å². The fraction of sp³-hybridized carbons (Fsp3) is 0.800. The average Bonchev–Trinajstić information content (AvgIpc) is 3.18. The number of nitrogens with zero attached hydrogens (tertiary/aromatic N) is 4. The Kier molecular flexibility index (Phi) is 5.17. The lowest BCUT2D eigenvalue weighted by Gasteiger charge is -2.17. The normalized spacial score (nSPS) is 19.4. The highest BCUT2D eigenvalue weighted by Gasteiger charge is 2.21. The molecule has 2 aliphatic rings. The van der Waals surface area contributed by atoms with E-state index in [1.165, 1.54) is 38.5 Å². The van der Waals surface area contributed by atoms with Crippen molar-refractivity contribution in [1.29, 1.82) is 0 Å². The fourth-order valence-electron chi connectivity index (χ4n) is 2.93. The minimum atomic E-state index is 0.692. The molecule has 0 radical (unpaired) electrons. The maximum absolute atomic E-state index is 4.71. The highest BCUT2D eigenvalue weighted by molar-refractivity contribution is 7.99. The number of nitrogens with one attached hydrogen (secondary N) is 1.